The minimum Gasteiger partial charge on any atom is -0.203 e. The average molecular weight is 270 g/mol. The second kappa shape index (κ2) is 4.05. The van der Waals surface area contributed by atoms with Crippen molar-refractivity contribution in [2.45, 2.75) is 12.3 Å². The van der Waals surface area contributed by atoms with Crippen LogP contribution in [-0.4, -0.2) is 0 Å². The van der Waals surface area contributed by atoms with Gasteiger partial charge in [-0.3, -0.25) is 0 Å². The summed E-state index contributed by atoms with van der Waals surface area (Å²) in [5.74, 6) is -10.2. The minimum atomic E-state index is -2.12. The number of benzene rings is 2. The van der Waals surface area contributed by atoms with Crippen LogP contribution in [0, 0.1) is 29.1 Å². The Morgan fingerprint density at radius 1 is 0.737 bits per heavy atom. The van der Waals surface area contributed by atoms with Gasteiger partial charge in [-0.05, 0) is 17.5 Å². The van der Waals surface area contributed by atoms with Crippen LogP contribution in [0.3, 0.4) is 0 Å². The monoisotopic (exact) mass is 270 g/mol. The van der Waals surface area contributed by atoms with E-state index in [9.17, 15) is 22.0 Å². The van der Waals surface area contributed by atoms with Gasteiger partial charge in [-0.2, -0.15) is 0 Å². The molecule has 1 aliphatic rings. The third kappa shape index (κ3) is 1.57. The zero-order valence-corrected chi connectivity index (χ0v) is 9.48. The average Bonchev–Trinajstić information content (AvgIpc) is 2.39. The lowest BCUT2D eigenvalue weighted by molar-refractivity contribution is 0.364. The summed E-state index contributed by atoms with van der Waals surface area (Å²) in [6, 6.07) is 6.81. The van der Waals surface area contributed by atoms with Gasteiger partial charge in [0, 0.05) is 11.5 Å². The molecule has 0 amide bonds. The fraction of sp³-hybridized carbons (Fsp3) is 0.143. The van der Waals surface area contributed by atoms with E-state index in [2.05, 4.69) is 0 Å². The van der Waals surface area contributed by atoms with Crippen molar-refractivity contribution < 1.29 is 22.0 Å². The highest BCUT2D eigenvalue weighted by molar-refractivity contribution is 5.48. The summed E-state index contributed by atoms with van der Waals surface area (Å²) in [5.41, 5.74) is 0.720. The molecule has 5 heteroatoms. The van der Waals surface area contributed by atoms with E-state index in [1.54, 1.807) is 24.3 Å². The highest BCUT2D eigenvalue weighted by atomic mass is 19.2. The highest BCUT2D eigenvalue weighted by Crippen LogP contribution is 2.43. The molecule has 0 fully saturated rings. The molecular weight excluding hydrogens is 263 g/mol. The maximum absolute atomic E-state index is 13.6. The fourth-order valence-electron chi connectivity index (χ4n) is 2.44. The van der Waals surface area contributed by atoms with Gasteiger partial charge >= 0.3 is 0 Å². The van der Waals surface area contributed by atoms with Gasteiger partial charge in [0.2, 0.25) is 5.82 Å². The van der Waals surface area contributed by atoms with Crippen molar-refractivity contribution >= 4 is 0 Å². The standard InChI is InChI=1S/C14H7F5/c15-10-9(11(16)13(18)14(19)12(10)17)8-5-6-3-1-2-4-7(6)8/h1-4,8H,5H2. The van der Waals surface area contributed by atoms with E-state index >= 15 is 0 Å². The van der Waals surface area contributed by atoms with Crippen molar-refractivity contribution in [3.8, 4) is 0 Å². The lowest BCUT2D eigenvalue weighted by Gasteiger charge is -2.31. The first-order valence-corrected chi connectivity index (χ1v) is 5.61. The van der Waals surface area contributed by atoms with Gasteiger partial charge < -0.3 is 0 Å². The van der Waals surface area contributed by atoms with Gasteiger partial charge in [0.1, 0.15) is 0 Å². The number of hydrogen-bond acceptors (Lipinski definition) is 0. The van der Waals surface area contributed by atoms with E-state index in [1.165, 1.54) is 0 Å². The Bertz CT molecular complexity index is 649. The molecule has 1 aliphatic carbocycles. The van der Waals surface area contributed by atoms with Gasteiger partial charge in [-0.1, -0.05) is 24.3 Å². The molecule has 0 bridgehead atoms. The molecule has 98 valence electrons. The lowest BCUT2D eigenvalue weighted by Crippen LogP contribution is -2.22. The Labute approximate surface area is 105 Å². The van der Waals surface area contributed by atoms with Crippen LogP contribution in [0.25, 0.3) is 0 Å². The first-order chi connectivity index (χ1) is 9.02. The maximum atomic E-state index is 13.6. The fourth-order valence-corrected chi connectivity index (χ4v) is 2.44. The van der Waals surface area contributed by atoms with Crippen molar-refractivity contribution in [2.75, 3.05) is 0 Å². The number of halogens is 5. The molecule has 0 saturated carbocycles. The van der Waals surface area contributed by atoms with Crippen LogP contribution in [0.2, 0.25) is 0 Å². The van der Waals surface area contributed by atoms with Crippen LogP contribution in [0.1, 0.15) is 22.6 Å². The highest BCUT2D eigenvalue weighted by Gasteiger charge is 2.36. The molecular formula is C14H7F5. The van der Waals surface area contributed by atoms with Crippen LogP contribution in [0.15, 0.2) is 24.3 Å². The summed E-state index contributed by atoms with van der Waals surface area (Å²) in [6.07, 6.45) is 0.272. The molecule has 0 spiro atoms. The van der Waals surface area contributed by atoms with Gasteiger partial charge in [-0.25, -0.2) is 22.0 Å². The predicted molar refractivity (Wildman–Crippen MR) is 58.2 cm³/mol. The van der Waals surface area contributed by atoms with E-state index in [1.807, 2.05) is 0 Å². The van der Waals surface area contributed by atoms with Gasteiger partial charge in [0.25, 0.3) is 0 Å². The zero-order chi connectivity index (χ0) is 13.7. The molecule has 0 nitrogen and oxygen atoms in total. The van der Waals surface area contributed by atoms with Crippen LogP contribution in [0.5, 0.6) is 0 Å². The Hall–Kier alpha value is -1.91. The molecule has 0 aromatic heterocycles. The lowest BCUT2D eigenvalue weighted by atomic mass is 9.73. The number of hydrogen-bond donors (Lipinski definition) is 0. The summed E-state index contributed by atoms with van der Waals surface area (Å²) in [6.45, 7) is 0. The quantitative estimate of drug-likeness (QED) is 0.416. The van der Waals surface area contributed by atoms with Gasteiger partial charge in [-0.15, -0.1) is 0 Å². The van der Waals surface area contributed by atoms with Crippen LogP contribution in [0.4, 0.5) is 22.0 Å². The Kier molecular flexibility index (Phi) is 2.59. The van der Waals surface area contributed by atoms with Gasteiger partial charge in [0.05, 0.1) is 0 Å². The topological polar surface area (TPSA) is 0 Å². The van der Waals surface area contributed by atoms with E-state index < -0.39 is 40.6 Å². The van der Waals surface area contributed by atoms with Crippen molar-refractivity contribution in [3.05, 3.63) is 70.0 Å². The molecule has 2 aromatic rings. The van der Waals surface area contributed by atoms with Crippen molar-refractivity contribution in [3.63, 3.8) is 0 Å². The van der Waals surface area contributed by atoms with Crippen LogP contribution < -0.4 is 0 Å². The van der Waals surface area contributed by atoms with Crippen molar-refractivity contribution in [1.29, 1.82) is 0 Å². The molecule has 2 aromatic carbocycles. The Balaban J connectivity index is 2.19. The SMILES string of the molecule is Fc1c(F)c(F)c(C2Cc3ccccc32)c(F)c1F. The van der Waals surface area contributed by atoms with E-state index in [-0.39, 0.29) is 6.42 Å². The maximum Gasteiger partial charge on any atom is 0.200 e. The number of rotatable bonds is 1. The predicted octanol–water partition coefficient (Wildman–Crippen LogP) is 4.07. The molecule has 0 radical (unpaired) electrons. The molecule has 0 aliphatic heterocycles. The third-order valence-corrected chi connectivity index (χ3v) is 3.45. The second-order valence-corrected chi connectivity index (χ2v) is 4.44. The molecule has 0 saturated heterocycles. The van der Waals surface area contributed by atoms with E-state index in [0.717, 1.165) is 5.56 Å². The van der Waals surface area contributed by atoms with E-state index in [4.69, 9.17) is 0 Å². The summed E-state index contributed by atoms with van der Waals surface area (Å²) in [7, 11) is 0. The summed E-state index contributed by atoms with van der Waals surface area (Å²) in [4.78, 5) is 0. The van der Waals surface area contributed by atoms with E-state index in [0.29, 0.717) is 5.56 Å². The smallest absolute Gasteiger partial charge is 0.200 e. The first-order valence-electron chi connectivity index (χ1n) is 5.61. The minimum absolute atomic E-state index is 0.272. The Morgan fingerprint density at radius 2 is 1.26 bits per heavy atom. The molecule has 3 rings (SSSR count). The van der Waals surface area contributed by atoms with Gasteiger partial charge in [0.15, 0.2) is 23.3 Å². The summed E-state index contributed by atoms with van der Waals surface area (Å²) >= 11 is 0. The molecule has 0 N–H and O–H groups in total. The molecule has 1 unspecified atom stereocenters. The van der Waals surface area contributed by atoms with Crippen LogP contribution in [-0.2, 0) is 6.42 Å². The first kappa shape index (κ1) is 12.1. The largest absolute Gasteiger partial charge is 0.203 e. The second-order valence-electron chi connectivity index (χ2n) is 4.44. The molecule has 19 heavy (non-hydrogen) atoms. The third-order valence-electron chi connectivity index (χ3n) is 3.45. The summed E-state index contributed by atoms with van der Waals surface area (Å²) in [5, 5.41) is 0. The Morgan fingerprint density at radius 3 is 1.84 bits per heavy atom. The van der Waals surface area contributed by atoms with Crippen molar-refractivity contribution in [2.24, 2.45) is 0 Å². The molecule has 0 heterocycles. The molecule has 1 atom stereocenters. The zero-order valence-electron chi connectivity index (χ0n) is 9.48. The number of fused-ring (bicyclic) bond motifs is 1. The van der Waals surface area contributed by atoms with Crippen LogP contribution >= 0.6 is 0 Å². The van der Waals surface area contributed by atoms with Crippen molar-refractivity contribution in [1.82, 2.24) is 0 Å². The summed E-state index contributed by atoms with van der Waals surface area (Å²) < 4.78 is 66.5. The normalized spacial score (nSPS) is 17.0.